The number of carbonyl (C=O) groups excluding carboxylic acids is 1. The summed E-state index contributed by atoms with van der Waals surface area (Å²) in [6.07, 6.45) is 2.44. The summed E-state index contributed by atoms with van der Waals surface area (Å²) in [6, 6.07) is 1.60. The summed E-state index contributed by atoms with van der Waals surface area (Å²) in [7, 11) is 0. The molecule has 22 heavy (non-hydrogen) atoms. The van der Waals surface area contributed by atoms with E-state index in [2.05, 4.69) is 20.3 Å². The number of esters is 1. The van der Waals surface area contributed by atoms with Gasteiger partial charge in [0.2, 0.25) is 5.13 Å². The van der Waals surface area contributed by atoms with Crippen LogP contribution in [0.2, 0.25) is 0 Å². The molecule has 0 saturated carbocycles. The highest BCUT2D eigenvalue weighted by Gasteiger charge is 2.18. The van der Waals surface area contributed by atoms with E-state index in [0.717, 1.165) is 22.6 Å². The molecule has 0 aliphatic carbocycles. The van der Waals surface area contributed by atoms with Gasteiger partial charge in [-0.05, 0) is 19.8 Å². The highest BCUT2D eigenvalue weighted by atomic mass is 32.2. The normalized spacial score (nSPS) is 14.5. The largest absolute Gasteiger partial charge is 0.461 e. The van der Waals surface area contributed by atoms with Crippen LogP contribution in [0.15, 0.2) is 14.9 Å². The molecule has 0 unspecified atom stereocenters. The van der Waals surface area contributed by atoms with Crippen LogP contribution in [-0.4, -0.2) is 41.0 Å². The van der Waals surface area contributed by atoms with Crippen molar-refractivity contribution in [2.75, 3.05) is 24.6 Å². The van der Waals surface area contributed by atoms with Crippen LogP contribution < -0.4 is 4.90 Å². The van der Waals surface area contributed by atoms with Crippen LogP contribution in [0.4, 0.5) is 5.13 Å². The Morgan fingerprint density at radius 1 is 1.45 bits per heavy atom. The number of hydrogen-bond donors (Lipinski definition) is 0. The lowest BCUT2D eigenvalue weighted by atomic mass is 10.4. The summed E-state index contributed by atoms with van der Waals surface area (Å²) < 4.78 is 10.9. The van der Waals surface area contributed by atoms with Gasteiger partial charge in [0.25, 0.3) is 0 Å². The van der Waals surface area contributed by atoms with Crippen LogP contribution >= 0.6 is 23.1 Å². The molecule has 0 aromatic carbocycles. The molecular formula is C13H16N4O3S2. The lowest BCUT2D eigenvalue weighted by Crippen LogP contribution is -2.17. The number of hydrogen-bond acceptors (Lipinski definition) is 9. The van der Waals surface area contributed by atoms with Gasteiger partial charge in [0.1, 0.15) is 5.76 Å². The topological polar surface area (TPSA) is 81.4 Å². The van der Waals surface area contributed by atoms with Crippen molar-refractivity contribution in [2.24, 2.45) is 0 Å². The van der Waals surface area contributed by atoms with Crippen molar-refractivity contribution in [1.82, 2.24) is 15.4 Å². The molecule has 118 valence electrons. The molecular weight excluding hydrogens is 324 g/mol. The van der Waals surface area contributed by atoms with Crippen molar-refractivity contribution in [3.63, 3.8) is 0 Å². The minimum Gasteiger partial charge on any atom is -0.461 e. The Balaban J connectivity index is 1.55. The second kappa shape index (κ2) is 7.10. The molecule has 1 aliphatic rings. The van der Waals surface area contributed by atoms with Gasteiger partial charge >= 0.3 is 5.97 Å². The molecule has 1 aliphatic heterocycles. The van der Waals surface area contributed by atoms with Gasteiger partial charge in [0.05, 0.1) is 12.4 Å². The van der Waals surface area contributed by atoms with Crippen molar-refractivity contribution in [3.05, 3.63) is 17.5 Å². The second-order valence-electron chi connectivity index (χ2n) is 4.73. The van der Waals surface area contributed by atoms with Crippen molar-refractivity contribution in [3.8, 4) is 0 Å². The van der Waals surface area contributed by atoms with Crippen molar-refractivity contribution >= 4 is 34.2 Å². The maximum Gasteiger partial charge on any atom is 0.360 e. The van der Waals surface area contributed by atoms with Gasteiger partial charge in [-0.3, -0.25) is 0 Å². The summed E-state index contributed by atoms with van der Waals surface area (Å²) in [5, 5.41) is 13.1. The zero-order valence-electron chi connectivity index (χ0n) is 12.2. The number of thioether (sulfide) groups is 1. The summed E-state index contributed by atoms with van der Waals surface area (Å²) >= 11 is 3.11. The van der Waals surface area contributed by atoms with Gasteiger partial charge in [0, 0.05) is 19.2 Å². The number of ether oxygens (including phenoxy) is 1. The van der Waals surface area contributed by atoms with E-state index in [4.69, 9.17) is 9.26 Å². The van der Waals surface area contributed by atoms with Crippen LogP contribution in [-0.2, 0) is 10.5 Å². The quantitative estimate of drug-likeness (QED) is 0.586. The monoisotopic (exact) mass is 340 g/mol. The van der Waals surface area contributed by atoms with Crippen LogP contribution in [0.25, 0.3) is 0 Å². The van der Waals surface area contributed by atoms with E-state index in [1.807, 2.05) is 0 Å². The molecule has 0 spiro atoms. The maximum atomic E-state index is 11.5. The third kappa shape index (κ3) is 3.58. The minimum absolute atomic E-state index is 0.201. The zero-order valence-corrected chi connectivity index (χ0v) is 13.8. The fraction of sp³-hybridized carbons (Fsp3) is 0.538. The smallest absolute Gasteiger partial charge is 0.360 e. The molecule has 0 amide bonds. The molecule has 2 aromatic rings. The predicted molar refractivity (Wildman–Crippen MR) is 83.4 cm³/mol. The molecule has 1 saturated heterocycles. The van der Waals surface area contributed by atoms with Gasteiger partial charge in [-0.1, -0.05) is 28.3 Å². The van der Waals surface area contributed by atoms with Crippen LogP contribution in [0.1, 0.15) is 36.0 Å². The first-order valence-corrected chi connectivity index (χ1v) is 8.90. The van der Waals surface area contributed by atoms with Crippen LogP contribution in [0.5, 0.6) is 0 Å². The van der Waals surface area contributed by atoms with Gasteiger partial charge in [-0.15, -0.1) is 10.2 Å². The fourth-order valence-electron chi connectivity index (χ4n) is 2.11. The fourth-order valence-corrected chi connectivity index (χ4v) is 3.88. The Morgan fingerprint density at radius 2 is 2.27 bits per heavy atom. The van der Waals surface area contributed by atoms with Crippen molar-refractivity contribution in [2.45, 2.75) is 29.9 Å². The van der Waals surface area contributed by atoms with Crippen LogP contribution in [0, 0.1) is 0 Å². The average Bonchev–Trinajstić information content (AvgIpc) is 3.25. The Hall–Kier alpha value is -1.61. The molecule has 3 heterocycles. The molecule has 2 aromatic heterocycles. The number of aromatic nitrogens is 3. The number of rotatable bonds is 6. The molecule has 0 radical (unpaired) electrons. The van der Waals surface area contributed by atoms with Gasteiger partial charge in [-0.2, -0.15) is 0 Å². The highest BCUT2D eigenvalue weighted by molar-refractivity contribution is 8.00. The molecule has 0 bridgehead atoms. The van der Waals surface area contributed by atoms with Crippen molar-refractivity contribution < 1.29 is 14.1 Å². The first-order valence-electron chi connectivity index (χ1n) is 7.10. The number of anilines is 1. The third-order valence-electron chi connectivity index (χ3n) is 3.15. The Morgan fingerprint density at radius 3 is 3.05 bits per heavy atom. The molecule has 0 N–H and O–H groups in total. The Kier molecular flexibility index (Phi) is 4.94. The molecule has 3 rings (SSSR count). The van der Waals surface area contributed by atoms with E-state index in [1.165, 1.54) is 24.6 Å². The van der Waals surface area contributed by atoms with E-state index in [-0.39, 0.29) is 5.69 Å². The van der Waals surface area contributed by atoms with Gasteiger partial charge < -0.3 is 14.2 Å². The summed E-state index contributed by atoms with van der Waals surface area (Å²) in [5.41, 5.74) is 0.201. The van der Waals surface area contributed by atoms with E-state index < -0.39 is 5.97 Å². The van der Waals surface area contributed by atoms with Crippen LogP contribution in [0.3, 0.4) is 0 Å². The van der Waals surface area contributed by atoms with E-state index in [9.17, 15) is 4.79 Å². The summed E-state index contributed by atoms with van der Waals surface area (Å²) in [4.78, 5) is 13.8. The number of carbonyl (C=O) groups is 1. The molecule has 1 fully saturated rings. The molecule has 0 atom stereocenters. The first-order chi connectivity index (χ1) is 10.8. The number of nitrogens with zero attached hydrogens (tertiary/aromatic N) is 4. The molecule has 7 nitrogen and oxygen atoms in total. The highest BCUT2D eigenvalue weighted by Crippen LogP contribution is 2.31. The van der Waals surface area contributed by atoms with E-state index >= 15 is 0 Å². The lowest BCUT2D eigenvalue weighted by Gasteiger charge is -2.10. The third-order valence-corrected chi connectivity index (χ3v) is 5.29. The Bertz CT molecular complexity index is 637. The summed E-state index contributed by atoms with van der Waals surface area (Å²) in [5.74, 6) is 0.710. The lowest BCUT2D eigenvalue weighted by molar-refractivity contribution is 0.0514. The van der Waals surface area contributed by atoms with Crippen molar-refractivity contribution in [1.29, 1.82) is 0 Å². The predicted octanol–water partition coefficient (Wildman–Crippen LogP) is 2.60. The second-order valence-corrected chi connectivity index (χ2v) is 6.91. The maximum absolute atomic E-state index is 11.5. The van der Waals surface area contributed by atoms with Gasteiger partial charge in [0.15, 0.2) is 10.0 Å². The first kappa shape index (κ1) is 15.3. The molecule has 9 heteroatoms. The minimum atomic E-state index is -0.463. The zero-order chi connectivity index (χ0) is 15.4. The average molecular weight is 340 g/mol. The summed E-state index contributed by atoms with van der Waals surface area (Å²) in [6.45, 7) is 4.19. The Labute approximate surface area is 136 Å². The standard InChI is InChI=1S/C13H16N4O3S2/c1-2-19-11(18)10-7-9(20-16-10)8-21-13-15-14-12(22-13)17-5-3-4-6-17/h7H,2-6,8H2,1H3. The van der Waals surface area contributed by atoms with E-state index in [0.29, 0.717) is 18.1 Å². The SMILES string of the molecule is CCOC(=O)c1cc(CSc2nnc(N3CCCC3)s2)on1. The van der Waals surface area contributed by atoms with Gasteiger partial charge in [-0.25, -0.2) is 4.79 Å². The van der Waals surface area contributed by atoms with E-state index in [1.54, 1.807) is 24.3 Å².